The lowest BCUT2D eigenvalue weighted by atomic mass is 10.1. The summed E-state index contributed by atoms with van der Waals surface area (Å²) in [4.78, 5) is 0. The summed E-state index contributed by atoms with van der Waals surface area (Å²) in [6.07, 6.45) is 2.49. The number of hydrogen-bond acceptors (Lipinski definition) is 3. The topological polar surface area (TPSA) is 58.3 Å². The highest BCUT2D eigenvalue weighted by atomic mass is 16.3. The number of phenolic OH excluding ortho intramolecular Hbond substituents is 1. The van der Waals surface area contributed by atoms with Crippen LogP contribution in [0.5, 0.6) is 5.75 Å². The highest BCUT2D eigenvalue weighted by molar-refractivity contribution is 5.53. The molecule has 3 heteroatoms. The Labute approximate surface area is 77.6 Å². The summed E-state index contributed by atoms with van der Waals surface area (Å²) < 4.78 is 0. The molecular weight excluding hydrogens is 164 g/mol. The number of phenols is 1. The Morgan fingerprint density at radius 3 is 2.85 bits per heavy atom. The van der Waals surface area contributed by atoms with Crippen molar-refractivity contribution in [1.29, 1.82) is 0 Å². The van der Waals surface area contributed by atoms with Gasteiger partial charge in [0.1, 0.15) is 5.75 Å². The van der Waals surface area contributed by atoms with Crippen molar-refractivity contribution in [2.75, 3.05) is 5.73 Å². The largest absolute Gasteiger partial charge is 0.508 e. The van der Waals surface area contributed by atoms with Crippen LogP contribution in [0.25, 0.3) is 0 Å². The molecule has 1 aliphatic carbocycles. The Bertz CT molecular complexity index is 288. The molecule has 0 aromatic heterocycles. The molecular formula is C10H14N2O. The van der Waals surface area contributed by atoms with Crippen LogP contribution in [0.3, 0.4) is 0 Å². The third-order valence-corrected chi connectivity index (χ3v) is 2.33. The standard InChI is InChI=1S/C10H14N2O/c11-9-2-1-3-10(13)8(9)6-12-7-4-5-7/h1-3,7,12-13H,4-6,11H2. The fourth-order valence-electron chi connectivity index (χ4n) is 1.32. The molecule has 3 nitrogen and oxygen atoms in total. The minimum atomic E-state index is 0.285. The molecule has 1 fully saturated rings. The highest BCUT2D eigenvalue weighted by Crippen LogP contribution is 2.25. The van der Waals surface area contributed by atoms with Gasteiger partial charge in [0.15, 0.2) is 0 Å². The minimum Gasteiger partial charge on any atom is -0.508 e. The van der Waals surface area contributed by atoms with Crippen molar-refractivity contribution in [3.05, 3.63) is 23.8 Å². The number of aromatic hydroxyl groups is 1. The number of benzene rings is 1. The first-order chi connectivity index (χ1) is 6.27. The molecule has 0 unspecified atom stereocenters. The molecule has 1 aromatic carbocycles. The first-order valence-corrected chi connectivity index (χ1v) is 4.57. The van der Waals surface area contributed by atoms with Gasteiger partial charge in [-0.3, -0.25) is 0 Å². The van der Waals surface area contributed by atoms with E-state index in [0.29, 0.717) is 18.3 Å². The molecule has 2 rings (SSSR count). The minimum absolute atomic E-state index is 0.285. The second-order valence-electron chi connectivity index (χ2n) is 3.50. The van der Waals surface area contributed by atoms with Gasteiger partial charge in [0.05, 0.1) is 0 Å². The van der Waals surface area contributed by atoms with E-state index < -0.39 is 0 Å². The van der Waals surface area contributed by atoms with Crippen molar-refractivity contribution in [3.63, 3.8) is 0 Å². The maximum atomic E-state index is 9.50. The smallest absolute Gasteiger partial charge is 0.122 e. The predicted octanol–water partition coefficient (Wildman–Crippen LogP) is 1.23. The van der Waals surface area contributed by atoms with Crippen LogP contribution in [0.2, 0.25) is 0 Å². The number of rotatable bonds is 3. The van der Waals surface area contributed by atoms with Gasteiger partial charge in [-0.1, -0.05) is 6.07 Å². The van der Waals surface area contributed by atoms with Crippen molar-refractivity contribution in [3.8, 4) is 5.75 Å². The molecule has 0 saturated heterocycles. The molecule has 0 heterocycles. The van der Waals surface area contributed by atoms with E-state index in [9.17, 15) is 5.11 Å². The second-order valence-corrected chi connectivity index (χ2v) is 3.50. The highest BCUT2D eigenvalue weighted by Gasteiger charge is 2.20. The van der Waals surface area contributed by atoms with E-state index in [1.54, 1.807) is 12.1 Å². The van der Waals surface area contributed by atoms with E-state index in [2.05, 4.69) is 5.32 Å². The first kappa shape index (κ1) is 8.38. The molecule has 1 saturated carbocycles. The van der Waals surface area contributed by atoms with Gasteiger partial charge in [-0.05, 0) is 25.0 Å². The second kappa shape index (κ2) is 3.26. The van der Waals surface area contributed by atoms with Crippen LogP contribution < -0.4 is 11.1 Å². The van der Waals surface area contributed by atoms with E-state index in [0.717, 1.165) is 5.56 Å². The zero-order valence-electron chi connectivity index (χ0n) is 7.46. The van der Waals surface area contributed by atoms with Crippen LogP contribution in [-0.2, 0) is 6.54 Å². The Morgan fingerprint density at radius 1 is 1.46 bits per heavy atom. The molecule has 13 heavy (non-hydrogen) atoms. The summed E-state index contributed by atoms with van der Waals surface area (Å²) in [6.45, 7) is 0.670. The van der Waals surface area contributed by atoms with Gasteiger partial charge in [0.2, 0.25) is 0 Å². The van der Waals surface area contributed by atoms with E-state index in [-0.39, 0.29) is 5.75 Å². The van der Waals surface area contributed by atoms with Crippen LogP contribution in [0.15, 0.2) is 18.2 Å². The fraction of sp³-hybridized carbons (Fsp3) is 0.400. The van der Waals surface area contributed by atoms with E-state index in [1.807, 2.05) is 6.07 Å². The number of anilines is 1. The first-order valence-electron chi connectivity index (χ1n) is 4.57. The van der Waals surface area contributed by atoms with Crippen molar-refractivity contribution in [2.45, 2.75) is 25.4 Å². The number of nitrogen functional groups attached to an aromatic ring is 1. The molecule has 70 valence electrons. The quantitative estimate of drug-likeness (QED) is 0.610. The number of nitrogens with two attached hydrogens (primary N) is 1. The van der Waals surface area contributed by atoms with Gasteiger partial charge in [-0.25, -0.2) is 0 Å². The van der Waals surface area contributed by atoms with Crippen LogP contribution in [0, 0.1) is 0 Å². The molecule has 0 aliphatic heterocycles. The zero-order valence-corrected chi connectivity index (χ0v) is 7.46. The summed E-state index contributed by atoms with van der Waals surface area (Å²) >= 11 is 0. The predicted molar refractivity (Wildman–Crippen MR) is 52.4 cm³/mol. The lowest BCUT2D eigenvalue weighted by molar-refractivity contribution is 0.465. The van der Waals surface area contributed by atoms with Crippen LogP contribution in [-0.4, -0.2) is 11.1 Å². The van der Waals surface area contributed by atoms with Gasteiger partial charge in [0.25, 0.3) is 0 Å². The molecule has 0 atom stereocenters. The summed E-state index contributed by atoms with van der Waals surface area (Å²) in [5.74, 6) is 0.285. The van der Waals surface area contributed by atoms with E-state index in [4.69, 9.17) is 5.73 Å². The molecule has 4 N–H and O–H groups in total. The van der Waals surface area contributed by atoms with Gasteiger partial charge < -0.3 is 16.2 Å². The Hall–Kier alpha value is -1.22. The zero-order chi connectivity index (χ0) is 9.26. The summed E-state index contributed by atoms with van der Waals surface area (Å²) in [5.41, 5.74) is 7.20. The Balaban J connectivity index is 2.07. The third kappa shape index (κ3) is 1.92. The maximum Gasteiger partial charge on any atom is 0.122 e. The Morgan fingerprint density at radius 2 is 2.23 bits per heavy atom. The van der Waals surface area contributed by atoms with Gasteiger partial charge in [0, 0.05) is 23.8 Å². The summed E-state index contributed by atoms with van der Waals surface area (Å²) in [7, 11) is 0. The third-order valence-electron chi connectivity index (χ3n) is 2.33. The van der Waals surface area contributed by atoms with Gasteiger partial charge in [-0.2, -0.15) is 0 Å². The van der Waals surface area contributed by atoms with E-state index in [1.165, 1.54) is 12.8 Å². The van der Waals surface area contributed by atoms with Crippen LogP contribution in [0.1, 0.15) is 18.4 Å². The monoisotopic (exact) mass is 178 g/mol. The average Bonchev–Trinajstić information content (AvgIpc) is 2.87. The molecule has 0 bridgehead atoms. The molecule has 0 spiro atoms. The lowest BCUT2D eigenvalue weighted by Gasteiger charge is -2.08. The Kier molecular flexibility index (Phi) is 2.10. The number of hydrogen-bond donors (Lipinski definition) is 3. The molecule has 1 aromatic rings. The van der Waals surface area contributed by atoms with Crippen LogP contribution >= 0.6 is 0 Å². The van der Waals surface area contributed by atoms with E-state index >= 15 is 0 Å². The molecule has 0 amide bonds. The lowest BCUT2D eigenvalue weighted by Crippen LogP contribution is -2.16. The summed E-state index contributed by atoms with van der Waals surface area (Å²) in [6, 6.07) is 5.87. The molecule has 1 aliphatic rings. The van der Waals surface area contributed by atoms with Crippen molar-refractivity contribution in [1.82, 2.24) is 5.32 Å². The van der Waals surface area contributed by atoms with Crippen molar-refractivity contribution in [2.24, 2.45) is 0 Å². The number of nitrogens with one attached hydrogen (secondary N) is 1. The normalized spacial score (nSPS) is 16.0. The SMILES string of the molecule is Nc1cccc(O)c1CNC1CC1. The fourth-order valence-corrected chi connectivity index (χ4v) is 1.32. The van der Waals surface area contributed by atoms with Crippen molar-refractivity contribution >= 4 is 5.69 Å². The summed E-state index contributed by atoms with van der Waals surface area (Å²) in [5, 5.41) is 12.8. The molecule has 0 radical (unpaired) electrons. The van der Waals surface area contributed by atoms with Crippen LogP contribution in [0.4, 0.5) is 5.69 Å². The van der Waals surface area contributed by atoms with Gasteiger partial charge in [-0.15, -0.1) is 0 Å². The van der Waals surface area contributed by atoms with Gasteiger partial charge >= 0.3 is 0 Å². The van der Waals surface area contributed by atoms with Crippen molar-refractivity contribution < 1.29 is 5.11 Å². The maximum absolute atomic E-state index is 9.50. The average molecular weight is 178 g/mol.